The third-order valence-electron chi connectivity index (χ3n) is 3.64. The molecule has 0 saturated carbocycles. The zero-order chi connectivity index (χ0) is 13.2. The van der Waals surface area contributed by atoms with Gasteiger partial charge in [-0.05, 0) is 12.8 Å². The molecule has 1 atom stereocenters. The summed E-state index contributed by atoms with van der Waals surface area (Å²) in [6.45, 7) is 2.18. The average molecular weight is 279 g/mol. The number of likely N-dealkylation sites (tertiary alicyclic amines) is 1. The molecule has 0 bridgehead atoms. The van der Waals surface area contributed by atoms with E-state index in [-0.39, 0.29) is 38.0 Å². The van der Waals surface area contributed by atoms with Crippen molar-refractivity contribution in [2.45, 2.75) is 37.6 Å². The number of hydrogen-bond donors (Lipinski definition) is 1. The van der Waals surface area contributed by atoms with Crippen LogP contribution in [-0.4, -0.2) is 53.7 Å². The molecule has 0 aromatic carbocycles. The van der Waals surface area contributed by atoms with Crippen molar-refractivity contribution >= 4 is 15.4 Å². The summed E-state index contributed by atoms with van der Waals surface area (Å²) < 4.78 is 28.1. The van der Waals surface area contributed by atoms with E-state index < -0.39 is 5.92 Å². The molecular formula is C11H20F2N3OP. The minimum absolute atomic E-state index is 0.154. The molecule has 2 fully saturated rings. The molecule has 2 saturated heterocycles. The monoisotopic (exact) mass is 279 g/mol. The number of piperidine rings is 2. The fourth-order valence-corrected chi connectivity index (χ4v) is 2.64. The van der Waals surface area contributed by atoms with Crippen LogP contribution in [0.1, 0.15) is 25.7 Å². The minimum atomic E-state index is -2.60. The molecule has 0 aliphatic carbocycles. The smallest absolute Gasteiger partial charge is 0.317 e. The largest absolute Gasteiger partial charge is 0.335 e. The van der Waals surface area contributed by atoms with Crippen molar-refractivity contribution in [2.24, 2.45) is 0 Å². The first-order valence-corrected chi connectivity index (χ1v) is 6.91. The highest BCUT2D eigenvalue weighted by molar-refractivity contribution is 7.13. The molecule has 2 aliphatic rings. The lowest BCUT2D eigenvalue weighted by atomic mass is 10.1. The number of amides is 2. The van der Waals surface area contributed by atoms with E-state index in [2.05, 4.69) is 19.4 Å². The Balaban J connectivity index is 1.75. The Hall–Kier alpha value is -0.480. The quantitative estimate of drug-likeness (QED) is 0.741. The van der Waals surface area contributed by atoms with Gasteiger partial charge in [-0.1, -0.05) is 9.39 Å². The number of nitrogens with one attached hydrogen (secondary N) is 1. The molecule has 4 nitrogen and oxygen atoms in total. The van der Waals surface area contributed by atoms with E-state index in [1.807, 2.05) is 0 Å². The summed E-state index contributed by atoms with van der Waals surface area (Å²) in [6, 6.07) is -0.00978. The Morgan fingerprint density at radius 2 is 1.72 bits per heavy atom. The first-order valence-electron chi connectivity index (χ1n) is 6.39. The van der Waals surface area contributed by atoms with Gasteiger partial charge in [-0.3, -0.25) is 4.67 Å². The maximum absolute atomic E-state index is 13.0. The van der Waals surface area contributed by atoms with Gasteiger partial charge in [-0.2, -0.15) is 0 Å². The van der Waals surface area contributed by atoms with Crippen LogP contribution in [-0.2, 0) is 0 Å². The second-order valence-corrected chi connectivity index (χ2v) is 5.83. The Bertz CT molecular complexity index is 299. The van der Waals surface area contributed by atoms with Crippen molar-refractivity contribution in [3.8, 4) is 0 Å². The molecular weight excluding hydrogens is 259 g/mol. The molecule has 0 spiro atoms. The van der Waals surface area contributed by atoms with Gasteiger partial charge in [0.2, 0.25) is 0 Å². The average Bonchev–Trinajstić information content (AvgIpc) is 2.32. The van der Waals surface area contributed by atoms with Crippen molar-refractivity contribution < 1.29 is 13.6 Å². The Morgan fingerprint density at radius 3 is 2.28 bits per heavy atom. The molecule has 2 amide bonds. The lowest BCUT2D eigenvalue weighted by Gasteiger charge is -2.34. The zero-order valence-corrected chi connectivity index (χ0v) is 11.5. The maximum Gasteiger partial charge on any atom is 0.317 e. The van der Waals surface area contributed by atoms with Crippen molar-refractivity contribution in [2.75, 3.05) is 26.2 Å². The molecule has 0 aromatic rings. The van der Waals surface area contributed by atoms with Crippen LogP contribution in [0.2, 0.25) is 0 Å². The lowest BCUT2D eigenvalue weighted by Crippen LogP contribution is -2.51. The van der Waals surface area contributed by atoms with Crippen LogP contribution in [0.3, 0.4) is 0 Å². The SMILES string of the molecule is O=C(NC1CCN(P)CC1)N1CCC(F)(F)CC1. The number of carbonyl (C=O) groups excluding carboxylic acids is 1. The van der Waals surface area contributed by atoms with Crippen LogP contribution in [0.25, 0.3) is 0 Å². The maximum atomic E-state index is 13.0. The van der Waals surface area contributed by atoms with Gasteiger partial charge >= 0.3 is 6.03 Å². The van der Waals surface area contributed by atoms with Gasteiger partial charge in [0, 0.05) is 45.1 Å². The topological polar surface area (TPSA) is 35.6 Å². The standard InChI is InChI=1S/C11H20F2N3OP/c12-11(13)3-7-15(8-4-11)10(17)14-9-1-5-16(18)6-2-9/h9H,1-8,18H2,(H,14,17). The van der Waals surface area contributed by atoms with Crippen LogP contribution < -0.4 is 5.32 Å². The van der Waals surface area contributed by atoms with Crippen LogP contribution in [0.4, 0.5) is 13.6 Å². The third kappa shape index (κ3) is 3.75. The van der Waals surface area contributed by atoms with Gasteiger partial charge in [0.15, 0.2) is 0 Å². The first-order chi connectivity index (χ1) is 8.46. The summed E-state index contributed by atoms with van der Waals surface area (Å²) in [5, 5.41) is 2.94. The Labute approximate surface area is 108 Å². The molecule has 0 radical (unpaired) electrons. The van der Waals surface area contributed by atoms with E-state index in [0.717, 1.165) is 25.9 Å². The molecule has 2 heterocycles. The highest BCUT2D eigenvalue weighted by Crippen LogP contribution is 2.27. The van der Waals surface area contributed by atoms with E-state index in [4.69, 9.17) is 0 Å². The van der Waals surface area contributed by atoms with Crippen molar-refractivity contribution in [3.63, 3.8) is 0 Å². The van der Waals surface area contributed by atoms with Crippen molar-refractivity contribution in [3.05, 3.63) is 0 Å². The fourth-order valence-electron chi connectivity index (χ4n) is 2.35. The van der Waals surface area contributed by atoms with E-state index in [9.17, 15) is 13.6 Å². The summed E-state index contributed by atoms with van der Waals surface area (Å²) in [5.74, 6) is -2.60. The summed E-state index contributed by atoms with van der Waals surface area (Å²) in [6.07, 6.45) is 1.40. The lowest BCUT2D eigenvalue weighted by molar-refractivity contribution is -0.0471. The highest BCUT2D eigenvalue weighted by atomic mass is 31.0. The predicted octanol–water partition coefficient (Wildman–Crippen LogP) is 1.68. The first kappa shape index (κ1) is 13.9. The summed E-state index contributed by atoms with van der Waals surface area (Å²) in [7, 11) is 2.65. The molecule has 1 unspecified atom stereocenters. The molecule has 0 aromatic heterocycles. The normalized spacial score (nSPS) is 26.1. The van der Waals surface area contributed by atoms with Gasteiger partial charge in [0.05, 0.1) is 0 Å². The Kier molecular flexibility index (Phi) is 4.38. The zero-order valence-electron chi connectivity index (χ0n) is 10.4. The van der Waals surface area contributed by atoms with Crippen LogP contribution in [0.5, 0.6) is 0 Å². The van der Waals surface area contributed by atoms with Gasteiger partial charge in [-0.15, -0.1) is 0 Å². The minimum Gasteiger partial charge on any atom is -0.335 e. The molecule has 18 heavy (non-hydrogen) atoms. The summed E-state index contributed by atoms with van der Waals surface area (Å²) in [5.41, 5.74) is 0. The van der Waals surface area contributed by atoms with Gasteiger partial charge in [0.1, 0.15) is 0 Å². The second kappa shape index (κ2) is 5.66. The molecule has 1 N–H and O–H groups in total. The number of halogens is 2. The summed E-state index contributed by atoms with van der Waals surface area (Å²) >= 11 is 0. The Morgan fingerprint density at radius 1 is 1.17 bits per heavy atom. The molecule has 7 heteroatoms. The van der Waals surface area contributed by atoms with Crippen molar-refractivity contribution in [1.29, 1.82) is 0 Å². The number of urea groups is 1. The number of alkyl halides is 2. The molecule has 2 rings (SSSR count). The van der Waals surface area contributed by atoms with E-state index in [1.165, 1.54) is 4.90 Å². The number of nitrogens with zero attached hydrogens (tertiary/aromatic N) is 2. The fraction of sp³-hybridized carbons (Fsp3) is 0.909. The summed E-state index contributed by atoms with van der Waals surface area (Å²) in [4.78, 5) is 13.4. The molecule has 2 aliphatic heterocycles. The van der Waals surface area contributed by atoms with Gasteiger partial charge in [-0.25, -0.2) is 13.6 Å². The number of carbonyl (C=O) groups is 1. The van der Waals surface area contributed by atoms with E-state index in [0.29, 0.717) is 0 Å². The molecule has 104 valence electrons. The van der Waals surface area contributed by atoms with Gasteiger partial charge in [0.25, 0.3) is 5.92 Å². The van der Waals surface area contributed by atoms with Gasteiger partial charge < -0.3 is 10.2 Å². The number of hydrogen-bond acceptors (Lipinski definition) is 2. The third-order valence-corrected chi connectivity index (χ3v) is 4.16. The predicted molar refractivity (Wildman–Crippen MR) is 68.6 cm³/mol. The number of rotatable bonds is 1. The van der Waals surface area contributed by atoms with Crippen LogP contribution >= 0.6 is 9.39 Å². The van der Waals surface area contributed by atoms with Crippen molar-refractivity contribution in [1.82, 2.24) is 14.9 Å². The van der Waals surface area contributed by atoms with E-state index >= 15 is 0 Å². The second-order valence-electron chi connectivity index (χ2n) is 5.10. The van der Waals surface area contributed by atoms with E-state index in [1.54, 1.807) is 0 Å². The highest BCUT2D eigenvalue weighted by Gasteiger charge is 2.36. The van der Waals surface area contributed by atoms with Crippen LogP contribution in [0.15, 0.2) is 0 Å². The van der Waals surface area contributed by atoms with Crippen LogP contribution in [0, 0.1) is 0 Å².